The van der Waals surface area contributed by atoms with Crippen molar-refractivity contribution in [2.45, 2.75) is 0 Å². The Morgan fingerprint density at radius 2 is 1.68 bits per heavy atom. The van der Waals surface area contributed by atoms with Gasteiger partial charge in [-0.1, -0.05) is 0 Å². The predicted octanol–water partition coefficient (Wildman–Crippen LogP) is 1.68. The minimum atomic E-state index is 0.348. The molecule has 1 saturated heterocycles. The van der Waals surface area contributed by atoms with Crippen molar-refractivity contribution in [2.75, 3.05) is 43.1 Å². The number of hydrogen-bond donors (Lipinski definition) is 0. The molecule has 6 heteroatoms. The van der Waals surface area contributed by atoms with Crippen LogP contribution in [-0.2, 0) is 0 Å². The van der Waals surface area contributed by atoms with Gasteiger partial charge in [0.15, 0.2) is 5.69 Å². The Bertz CT molecular complexity index is 654. The van der Waals surface area contributed by atoms with Gasteiger partial charge in [0.05, 0.1) is 19.5 Å². The Morgan fingerprint density at radius 1 is 1.00 bits per heavy atom. The normalized spacial score (nSPS) is 14.5. The van der Waals surface area contributed by atoms with Gasteiger partial charge in [-0.2, -0.15) is 5.26 Å². The first kappa shape index (κ1) is 14.1. The highest BCUT2D eigenvalue weighted by Gasteiger charge is 2.18. The van der Waals surface area contributed by atoms with Crippen LogP contribution in [0.2, 0.25) is 0 Å². The lowest BCUT2D eigenvalue weighted by Crippen LogP contribution is -2.46. The summed E-state index contributed by atoms with van der Waals surface area (Å²) in [6.07, 6.45) is 3.19. The molecule has 0 atom stereocenters. The zero-order chi connectivity index (χ0) is 15.4. The number of aromatic nitrogens is 2. The molecule has 0 N–H and O–H groups in total. The predicted molar refractivity (Wildman–Crippen MR) is 84.2 cm³/mol. The standard InChI is InChI=1S/C16H17N5O/c1-22-15-4-2-14(3-5-15)20-6-8-21(9-7-20)16-12-18-13(10-17)11-19-16/h2-5,11-12H,6-9H2,1H3. The third-order valence-electron chi connectivity index (χ3n) is 3.79. The minimum absolute atomic E-state index is 0.348. The molecule has 1 fully saturated rings. The summed E-state index contributed by atoms with van der Waals surface area (Å²) in [6, 6.07) is 10.1. The van der Waals surface area contributed by atoms with Gasteiger partial charge in [0.1, 0.15) is 17.6 Å². The molecule has 0 bridgehead atoms. The summed E-state index contributed by atoms with van der Waals surface area (Å²) < 4.78 is 5.19. The number of methoxy groups -OCH3 is 1. The number of piperazine rings is 1. The van der Waals surface area contributed by atoms with Crippen molar-refractivity contribution in [1.82, 2.24) is 9.97 Å². The van der Waals surface area contributed by atoms with Gasteiger partial charge < -0.3 is 14.5 Å². The van der Waals surface area contributed by atoms with E-state index < -0.39 is 0 Å². The Morgan fingerprint density at radius 3 is 2.23 bits per heavy atom. The lowest BCUT2D eigenvalue weighted by atomic mass is 10.2. The third kappa shape index (κ3) is 2.93. The number of benzene rings is 1. The summed E-state index contributed by atoms with van der Waals surface area (Å²) in [5.41, 5.74) is 1.55. The monoisotopic (exact) mass is 295 g/mol. The molecule has 0 amide bonds. The maximum absolute atomic E-state index is 8.76. The van der Waals surface area contributed by atoms with Gasteiger partial charge in [-0.3, -0.25) is 0 Å². The van der Waals surface area contributed by atoms with Crippen LogP contribution in [-0.4, -0.2) is 43.3 Å². The van der Waals surface area contributed by atoms with Gasteiger partial charge in [0, 0.05) is 31.9 Å². The fourth-order valence-corrected chi connectivity index (χ4v) is 2.53. The quantitative estimate of drug-likeness (QED) is 0.858. The van der Waals surface area contributed by atoms with Crippen molar-refractivity contribution < 1.29 is 4.74 Å². The molecule has 0 radical (unpaired) electrons. The molecule has 1 aliphatic rings. The molecule has 0 spiro atoms. The van der Waals surface area contributed by atoms with Crippen LogP contribution in [0.5, 0.6) is 5.75 Å². The maximum atomic E-state index is 8.76. The molecule has 1 aromatic heterocycles. The van der Waals surface area contributed by atoms with Crippen molar-refractivity contribution in [3.63, 3.8) is 0 Å². The van der Waals surface area contributed by atoms with Gasteiger partial charge in [0.25, 0.3) is 0 Å². The molecule has 0 saturated carbocycles. The molecular weight excluding hydrogens is 278 g/mol. The Labute approximate surface area is 129 Å². The van der Waals surface area contributed by atoms with E-state index in [1.54, 1.807) is 13.3 Å². The summed E-state index contributed by atoms with van der Waals surface area (Å²) in [5.74, 6) is 1.70. The summed E-state index contributed by atoms with van der Waals surface area (Å²) in [5, 5.41) is 8.76. The van der Waals surface area contributed by atoms with Crippen molar-refractivity contribution in [1.29, 1.82) is 5.26 Å². The van der Waals surface area contributed by atoms with Gasteiger partial charge in [0.2, 0.25) is 0 Å². The zero-order valence-corrected chi connectivity index (χ0v) is 12.4. The molecule has 1 aliphatic heterocycles. The lowest BCUT2D eigenvalue weighted by Gasteiger charge is -2.36. The Kier molecular flexibility index (Phi) is 4.05. The molecular formula is C16H17N5O. The maximum Gasteiger partial charge on any atom is 0.158 e. The van der Waals surface area contributed by atoms with Gasteiger partial charge in [-0.05, 0) is 24.3 Å². The Balaban J connectivity index is 1.62. The average molecular weight is 295 g/mol. The Hall–Kier alpha value is -2.81. The van der Waals surface area contributed by atoms with E-state index in [4.69, 9.17) is 10.00 Å². The van der Waals surface area contributed by atoms with Crippen molar-refractivity contribution in [2.24, 2.45) is 0 Å². The van der Waals surface area contributed by atoms with E-state index in [2.05, 4.69) is 31.9 Å². The zero-order valence-electron chi connectivity index (χ0n) is 12.4. The first-order chi connectivity index (χ1) is 10.8. The van der Waals surface area contributed by atoms with E-state index in [1.807, 2.05) is 18.2 Å². The van der Waals surface area contributed by atoms with Crippen LogP contribution in [0.4, 0.5) is 11.5 Å². The van der Waals surface area contributed by atoms with Crippen LogP contribution in [0, 0.1) is 11.3 Å². The molecule has 2 aromatic rings. The highest BCUT2D eigenvalue weighted by Crippen LogP contribution is 2.21. The third-order valence-corrected chi connectivity index (χ3v) is 3.79. The molecule has 22 heavy (non-hydrogen) atoms. The second kappa shape index (κ2) is 6.31. The lowest BCUT2D eigenvalue weighted by molar-refractivity contribution is 0.415. The SMILES string of the molecule is COc1ccc(N2CCN(c3cnc(C#N)cn3)CC2)cc1. The van der Waals surface area contributed by atoms with Crippen LogP contribution in [0.15, 0.2) is 36.7 Å². The summed E-state index contributed by atoms with van der Waals surface area (Å²) in [4.78, 5) is 12.9. The molecule has 2 heterocycles. The number of rotatable bonds is 3. The molecule has 112 valence electrons. The van der Waals surface area contributed by atoms with Crippen LogP contribution < -0.4 is 14.5 Å². The van der Waals surface area contributed by atoms with Gasteiger partial charge in [-0.25, -0.2) is 9.97 Å². The average Bonchev–Trinajstić information content (AvgIpc) is 2.62. The topological polar surface area (TPSA) is 65.3 Å². The van der Waals surface area contributed by atoms with Gasteiger partial charge in [-0.15, -0.1) is 0 Å². The van der Waals surface area contributed by atoms with Crippen LogP contribution in [0.1, 0.15) is 5.69 Å². The van der Waals surface area contributed by atoms with Gasteiger partial charge >= 0.3 is 0 Å². The van der Waals surface area contributed by atoms with Crippen LogP contribution in [0.3, 0.4) is 0 Å². The number of nitriles is 1. The number of hydrogen-bond acceptors (Lipinski definition) is 6. The van der Waals surface area contributed by atoms with Crippen molar-refractivity contribution >= 4 is 11.5 Å². The molecule has 1 aromatic carbocycles. The second-order valence-electron chi connectivity index (χ2n) is 5.04. The largest absolute Gasteiger partial charge is 0.497 e. The summed E-state index contributed by atoms with van der Waals surface area (Å²) >= 11 is 0. The molecule has 0 aliphatic carbocycles. The van der Waals surface area contributed by atoms with Crippen molar-refractivity contribution in [3.8, 4) is 11.8 Å². The highest BCUT2D eigenvalue weighted by molar-refractivity contribution is 5.51. The van der Waals surface area contributed by atoms with E-state index >= 15 is 0 Å². The van der Waals surface area contributed by atoms with E-state index in [9.17, 15) is 0 Å². The first-order valence-electron chi connectivity index (χ1n) is 7.16. The second-order valence-corrected chi connectivity index (χ2v) is 5.04. The number of anilines is 2. The molecule has 3 rings (SSSR count). The highest BCUT2D eigenvalue weighted by atomic mass is 16.5. The van der Waals surface area contributed by atoms with Crippen molar-refractivity contribution in [3.05, 3.63) is 42.4 Å². The first-order valence-corrected chi connectivity index (χ1v) is 7.16. The summed E-state index contributed by atoms with van der Waals surface area (Å²) in [6.45, 7) is 3.61. The van der Waals surface area contributed by atoms with E-state index in [-0.39, 0.29) is 0 Å². The minimum Gasteiger partial charge on any atom is -0.497 e. The van der Waals surface area contributed by atoms with Crippen LogP contribution in [0.25, 0.3) is 0 Å². The summed E-state index contributed by atoms with van der Waals surface area (Å²) in [7, 11) is 1.67. The molecule has 6 nitrogen and oxygen atoms in total. The molecule has 0 unspecified atom stereocenters. The fourth-order valence-electron chi connectivity index (χ4n) is 2.53. The van der Waals surface area contributed by atoms with E-state index in [0.717, 1.165) is 37.7 Å². The number of nitrogens with zero attached hydrogens (tertiary/aromatic N) is 5. The van der Waals surface area contributed by atoms with E-state index in [0.29, 0.717) is 5.69 Å². The smallest absolute Gasteiger partial charge is 0.158 e. The van der Waals surface area contributed by atoms with Crippen LogP contribution >= 0.6 is 0 Å². The number of ether oxygens (including phenoxy) is 1. The van der Waals surface area contributed by atoms with E-state index in [1.165, 1.54) is 11.9 Å². The fraction of sp³-hybridized carbons (Fsp3) is 0.312.